The number of ether oxygens (including phenoxy) is 2. The number of methoxy groups -OCH3 is 1. The van der Waals surface area contributed by atoms with Gasteiger partial charge in [-0.3, -0.25) is 0 Å². The van der Waals surface area contributed by atoms with Crippen LogP contribution in [0.2, 0.25) is 5.02 Å². The van der Waals surface area contributed by atoms with E-state index in [1.165, 1.54) is 0 Å². The van der Waals surface area contributed by atoms with Crippen molar-refractivity contribution in [1.29, 1.82) is 0 Å². The van der Waals surface area contributed by atoms with Crippen molar-refractivity contribution < 1.29 is 23.8 Å². The Bertz CT molecular complexity index is 676. The second-order valence-electron chi connectivity index (χ2n) is 7.51. The second kappa shape index (κ2) is 5.60. The predicted octanol–water partition coefficient (Wildman–Crippen LogP) is 4.15. The van der Waals surface area contributed by atoms with E-state index < -0.39 is 17.3 Å². The lowest BCUT2D eigenvalue weighted by Gasteiger charge is -2.58. The molecule has 5 rings (SSSR count). The van der Waals surface area contributed by atoms with E-state index in [9.17, 15) is 9.18 Å². The third-order valence-corrected chi connectivity index (χ3v) is 6.37. The van der Waals surface area contributed by atoms with Crippen LogP contribution in [0.4, 0.5) is 4.39 Å². The van der Waals surface area contributed by atoms with Gasteiger partial charge in [0.25, 0.3) is 0 Å². The Kier molecular flexibility index (Phi) is 3.77. The van der Waals surface area contributed by atoms with E-state index in [-0.39, 0.29) is 22.5 Å². The van der Waals surface area contributed by atoms with Crippen LogP contribution in [-0.2, 0) is 4.74 Å². The van der Waals surface area contributed by atoms with E-state index in [0.717, 1.165) is 44.2 Å². The summed E-state index contributed by atoms with van der Waals surface area (Å²) < 4.78 is 25.9. The highest BCUT2D eigenvalue weighted by Crippen LogP contribution is 2.58. The minimum atomic E-state index is -1.34. The molecule has 1 N–H and O–H groups in total. The Morgan fingerprint density at radius 2 is 1.96 bits per heavy atom. The Labute approximate surface area is 144 Å². The molecule has 0 saturated heterocycles. The lowest BCUT2D eigenvalue weighted by molar-refractivity contribution is -0.182. The minimum Gasteiger partial charge on any atom is -0.488 e. The third-order valence-electron chi connectivity index (χ3n) is 6.08. The van der Waals surface area contributed by atoms with Crippen molar-refractivity contribution in [2.24, 2.45) is 17.8 Å². The standard InChI is InChI=1S/C18H20ClFO4/c1-23-18-6-9-2-10(7-18)16(11(3-9)8-18)24-15-5-14(20)12(17(21)22)4-13(15)19/h4-5,9-11,16H,2-3,6-8H2,1H3,(H,21,22)/t9?,10?,11?,16-,18+. The van der Waals surface area contributed by atoms with Crippen molar-refractivity contribution in [1.82, 2.24) is 0 Å². The van der Waals surface area contributed by atoms with Gasteiger partial charge < -0.3 is 14.6 Å². The molecule has 1 aromatic rings. The Morgan fingerprint density at radius 3 is 2.54 bits per heavy atom. The normalized spacial score (nSPS) is 36.8. The first-order chi connectivity index (χ1) is 11.4. The SMILES string of the molecule is CO[C@]12CC3CC(C1)[C@H](Oc1cc(F)c(C(=O)O)cc1Cl)C(C3)C2. The molecule has 4 aliphatic rings. The van der Waals surface area contributed by atoms with Crippen molar-refractivity contribution >= 4 is 17.6 Å². The number of carbonyl (C=O) groups is 1. The van der Waals surface area contributed by atoms with Crippen LogP contribution in [0.1, 0.15) is 42.5 Å². The van der Waals surface area contributed by atoms with Crippen LogP contribution in [0.25, 0.3) is 0 Å². The highest BCUT2D eigenvalue weighted by Gasteiger charge is 2.56. The predicted molar refractivity (Wildman–Crippen MR) is 86.1 cm³/mol. The van der Waals surface area contributed by atoms with Crippen LogP contribution in [0, 0.1) is 23.6 Å². The summed E-state index contributed by atoms with van der Waals surface area (Å²) in [5.74, 6) is -0.465. The molecule has 0 spiro atoms. The highest BCUT2D eigenvalue weighted by molar-refractivity contribution is 6.32. The van der Waals surface area contributed by atoms with Gasteiger partial charge in [-0.25, -0.2) is 9.18 Å². The second-order valence-corrected chi connectivity index (χ2v) is 7.91. The largest absolute Gasteiger partial charge is 0.488 e. The molecule has 130 valence electrons. The summed E-state index contributed by atoms with van der Waals surface area (Å²) in [6.45, 7) is 0. The first-order valence-corrected chi connectivity index (χ1v) is 8.73. The van der Waals surface area contributed by atoms with E-state index in [1.54, 1.807) is 7.11 Å². The van der Waals surface area contributed by atoms with Gasteiger partial charge in [0.2, 0.25) is 0 Å². The molecule has 2 atom stereocenters. The molecule has 6 heteroatoms. The average molecular weight is 355 g/mol. The van der Waals surface area contributed by atoms with Crippen molar-refractivity contribution in [3.05, 3.63) is 28.5 Å². The van der Waals surface area contributed by atoms with Crippen LogP contribution in [0.5, 0.6) is 5.75 Å². The molecule has 1 aromatic carbocycles. The molecule has 4 bridgehead atoms. The maximum Gasteiger partial charge on any atom is 0.338 e. The maximum atomic E-state index is 14.0. The Morgan fingerprint density at radius 1 is 1.29 bits per heavy atom. The van der Waals surface area contributed by atoms with Gasteiger partial charge in [0.1, 0.15) is 17.7 Å². The van der Waals surface area contributed by atoms with Crippen molar-refractivity contribution in [2.75, 3.05) is 7.11 Å². The lowest BCUT2D eigenvalue weighted by atomic mass is 9.53. The summed E-state index contributed by atoms with van der Waals surface area (Å²) in [4.78, 5) is 11.0. The van der Waals surface area contributed by atoms with Gasteiger partial charge in [0.05, 0.1) is 16.2 Å². The van der Waals surface area contributed by atoms with Crippen LogP contribution in [0.15, 0.2) is 12.1 Å². The fourth-order valence-electron chi connectivity index (χ4n) is 5.27. The van der Waals surface area contributed by atoms with E-state index >= 15 is 0 Å². The molecule has 4 fully saturated rings. The molecule has 0 aromatic heterocycles. The zero-order chi connectivity index (χ0) is 17.1. The van der Waals surface area contributed by atoms with Crippen LogP contribution in [0.3, 0.4) is 0 Å². The van der Waals surface area contributed by atoms with Crippen molar-refractivity contribution in [3.63, 3.8) is 0 Å². The number of carboxylic acids is 1. The zero-order valence-electron chi connectivity index (χ0n) is 13.4. The summed E-state index contributed by atoms with van der Waals surface area (Å²) in [5, 5.41) is 9.11. The third kappa shape index (κ3) is 2.49. The highest BCUT2D eigenvalue weighted by atomic mass is 35.5. The van der Waals surface area contributed by atoms with E-state index in [4.69, 9.17) is 26.2 Å². The first-order valence-electron chi connectivity index (χ1n) is 8.35. The smallest absolute Gasteiger partial charge is 0.338 e. The molecule has 0 radical (unpaired) electrons. The fraction of sp³-hybridized carbons (Fsp3) is 0.611. The van der Waals surface area contributed by atoms with Crippen LogP contribution < -0.4 is 4.74 Å². The lowest BCUT2D eigenvalue weighted by Crippen LogP contribution is -2.59. The van der Waals surface area contributed by atoms with Gasteiger partial charge in [0.15, 0.2) is 0 Å². The van der Waals surface area contributed by atoms with Gasteiger partial charge >= 0.3 is 5.97 Å². The van der Waals surface area contributed by atoms with Gasteiger partial charge in [-0.1, -0.05) is 11.6 Å². The summed E-state index contributed by atoms with van der Waals surface area (Å²) in [7, 11) is 1.79. The summed E-state index contributed by atoms with van der Waals surface area (Å²) in [5.41, 5.74) is -0.450. The number of halogens is 2. The maximum absolute atomic E-state index is 14.0. The summed E-state index contributed by atoms with van der Waals surface area (Å²) in [6, 6.07) is 2.23. The topological polar surface area (TPSA) is 55.8 Å². The zero-order valence-corrected chi connectivity index (χ0v) is 14.2. The van der Waals surface area contributed by atoms with Gasteiger partial charge in [0, 0.05) is 13.2 Å². The number of aromatic carboxylic acids is 1. The molecule has 0 heterocycles. The van der Waals surface area contributed by atoms with Gasteiger partial charge in [-0.15, -0.1) is 0 Å². The average Bonchev–Trinajstić information content (AvgIpc) is 2.52. The molecule has 0 aliphatic heterocycles. The number of rotatable bonds is 4. The number of carboxylic acid groups (broad SMARTS) is 1. The molecule has 24 heavy (non-hydrogen) atoms. The monoisotopic (exact) mass is 354 g/mol. The van der Waals surface area contributed by atoms with E-state index in [0.29, 0.717) is 17.8 Å². The fourth-order valence-corrected chi connectivity index (χ4v) is 5.48. The van der Waals surface area contributed by atoms with Crippen molar-refractivity contribution in [3.8, 4) is 5.75 Å². The summed E-state index contributed by atoms with van der Waals surface area (Å²) >= 11 is 6.13. The van der Waals surface area contributed by atoms with Crippen molar-refractivity contribution in [2.45, 2.75) is 43.8 Å². The van der Waals surface area contributed by atoms with E-state index in [1.807, 2.05) is 0 Å². The minimum absolute atomic E-state index is 0.00240. The molecule has 0 amide bonds. The summed E-state index contributed by atoms with van der Waals surface area (Å²) in [6.07, 6.45) is 5.28. The quantitative estimate of drug-likeness (QED) is 0.882. The van der Waals surface area contributed by atoms with Crippen LogP contribution >= 0.6 is 11.6 Å². The van der Waals surface area contributed by atoms with E-state index in [2.05, 4.69) is 0 Å². The number of hydrogen-bond acceptors (Lipinski definition) is 3. The first kappa shape index (κ1) is 16.2. The van der Waals surface area contributed by atoms with Gasteiger partial charge in [-0.2, -0.15) is 0 Å². The number of benzene rings is 1. The Balaban J connectivity index is 1.59. The molecule has 2 unspecified atom stereocenters. The van der Waals surface area contributed by atoms with Gasteiger partial charge in [-0.05, 0) is 55.9 Å². The molecule has 4 aliphatic carbocycles. The molecular formula is C18H20ClFO4. The number of hydrogen-bond donors (Lipinski definition) is 1. The molecule has 4 saturated carbocycles. The molecular weight excluding hydrogens is 335 g/mol. The Hall–Kier alpha value is -1.33. The molecule has 4 nitrogen and oxygen atoms in total. The van der Waals surface area contributed by atoms with Crippen LogP contribution in [-0.4, -0.2) is 29.9 Å².